The molecule has 0 amide bonds. The van der Waals surface area contributed by atoms with E-state index in [0.717, 1.165) is 11.2 Å². The van der Waals surface area contributed by atoms with Gasteiger partial charge in [-0.1, -0.05) is 11.6 Å². The molecular weight excluding hydrogens is 238 g/mol. The molecule has 0 unspecified atom stereocenters. The Bertz CT molecular complexity index is 650. The Hall–Kier alpha value is -2.14. The third-order valence-corrected chi connectivity index (χ3v) is 2.52. The molecule has 3 heterocycles. The summed E-state index contributed by atoms with van der Waals surface area (Å²) in [6.07, 6.45) is 5.15. The molecule has 0 aliphatic carbocycles. The number of hydrogen-bond donors (Lipinski definition) is 2. The monoisotopic (exact) mass is 245 g/mol. The highest BCUT2D eigenvalue weighted by Crippen LogP contribution is 2.22. The Morgan fingerprint density at radius 3 is 2.94 bits per heavy atom. The van der Waals surface area contributed by atoms with Gasteiger partial charge in [-0.05, 0) is 18.2 Å². The molecule has 3 rings (SSSR count). The van der Waals surface area contributed by atoms with Crippen LogP contribution in [0.15, 0.2) is 36.9 Å². The summed E-state index contributed by atoms with van der Waals surface area (Å²) in [5, 5.41) is 3.57. The lowest BCUT2D eigenvalue weighted by molar-refractivity contribution is 1.19. The molecule has 0 bridgehead atoms. The highest BCUT2D eigenvalue weighted by Gasteiger charge is 2.06. The molecule has 0 aliphatic heterocycles. The number of aromatic amines is 1. The summed E-state index contributed by atoms with van der Waals surface area (Å²) in [5.74, 6) is 0.636. The summed E-state index contributed by atoms with van der Waals surface area (Å²) in [4.78, 5) is 15.5. The molecule has 0 fully saturated rings. The Morgan fingerprint density at radius 2 is 2.12 bits per heavy atom. The van der Waals surface area contributed by atoms with E-state index >= 15 is 0 Å². The van der Waals surface area contributed by atoms with E-state index in [1.807, 2.05) is 24.5 Å². The van der Waals surface area contributed by atoms with Crippen LogP contribution in [0.2, 0.25) is 5.15 Å². The van der Waals surface area contributed by atoms with Gasteiger partial charge >= 0.3 is 0 Å². The van der Waals surface area contributed by atoms with Crippen molar-refractivity contribution in [3.63, 3.8) is 0 Å². The van der Waals surface area contributed by atoms with E-state index in [0.29, 0.717) is 16.5 Å². The molecule has 0 aromatic carbocycles. The van der Waals surface area contributed by atoms with Crippen LogP contribution in [0.3, 0.4) is 0 Å². The molecular formula is C11H8ClN5. The Morgan fingerprint density at radius 1 is 1.18 bits per heavy atom. The lowest BCUT2D eigenvalue weighted by Crippen LogP contribution is -1.96. The lowest BCUT2D eigenvalue weighted by Gasteiger charge is -2.05. The van der Waals surface area contributed by atoms with Crippen LogP contribution < -0.4 is 5.32 Å². The first kappa shape index (κ1) is 10.0. The van der Waals surface area contributed by atoms with Gasteiger partial charge in [0.15, 0.2) is 5.82 Å². The van der Waals surface area contributed by atoms with E-state index in [-0.39, 0.29) is 0 Å². The van der Waals surface area contributed by atoms with Gasteiger partial charge in [-0.3, -0.25) is 0 Å². The molecule has 0 saturated heterocycles. The smallest absolute Gasteiger partial charge is 0.160 e. The summed E-state index contributed by atoms with van der Waals surface area (Å²) < 4.78 is 0. The fourth-order valence-electron chi connectivity index (χ4n) is 1.55. The zero-order chi connectivity index (χ0) is 11.7. The third kappa shape index (κ3) is 1.92. The molecule has 84 valence electrons. The molecule has 6 heteroatoms. The van der Waals surface area contributed by atoms with Crippen molar-refractivity contribution in [2.75, 3.05) is 5.32 Å². The molecule has 0 aliphatic rings. The zero-order valence-electron chi connectivity index (χ0n) is 8.68. The number of nitrogens with zero attached hydrogens (tertiary/aromatic N) is 3. The number of nitrogens with one attached hydrogen (secondary N) is 2. The number of hydrogen-bond acceptors (Lipinski definition) is 4. The normalized spacial score (nSPS) is 10.6. The molecule has 0 spiro atoms. The number of aromatic nitrogens is 4. The average Bonchev–Trinajstić information content (AvgIpc) is 2.83. The highest BCUT2D eigenvalue weighted by molar-refractivity contribution is 6.29. The van der Waals surface area contributed by atoms with Gasteiger partial charge in [0.2, 0.25) is 0 Å². The standard InChI is InChI=1S/C11H8ClN5/c12-9-2-1-8-10(17-9)11(15-6-14-8)16-7-3-4-13-5-7/h1-6,13H,(H,14,15,16). The van der Waals surface area contributed by atoms with E-state index in [1.165, 1.54) is 6.33 Å². The topological polar surface area (TPSA) is 66.5 Å². The number of fused-ring (bicyclic) bond motifs is 1. The molecule has 3 aromatic rings. The van der Waals surface area contributed by atoms with Crippen LogP contribution in [0, 0.1) is 0 Å². The van der Waals surface area contributed by atoms with Crippen LogP contribution in [0.25, 0.3) is 11.0 Å². The average molecular weight is 246 g/mol. The highest BCUT2D eigenvalue weighted by atomic mass is 35.5. The van der Waals surface area contributed by atoms with Crippen LogP contribution in [0.1, 0.15) is 0 Å². The Balaban J connectivity index is 2.12. The Kier molecular flexibility index (Phi) is 2.38. The van der Waals surface area contributed by atoms with Crippen molar-refractivity contribution in [3.8, 4) is 0 Å². The lowest BCUT2D eigenvalue weighted by atomic mass is 10.3. The van der Waals surface area contributed by atoms with Gasteiger partial charge < -0.3 is 10.3 Å². The minimum absolute atomic E-state index is 0.421. The van der Waals surface area contributed by atoms with Crippen LogP contribution in [-0.4, -0.2) is 19.9 Å². The van der Waals surface area contributed by atoms with Crippen LogP contribution in [0.5, 0.6) is 0 Å². The predicted molar refractivity (Wildman–Crippen MR) is 66.4 cm³/mol. The first-order valence-corrected chi connectivity index (χ1v) is 5.38. The maximum absolute atomic E-state index is 5.87. The van der Waals surface area contributed by atoms with Gasteiger partial charge in [-0.15, -0.1) is 0 Å². The van der Waals surface area contributed by atoms with Gasteiger partial charge in [-0.2, -0.15) is 0 Å². The van der Waals surface area contributed by atoms with Crippen molar-refractivity contribution < 1.29 is 0 Å². The van der Waals surface area contributed by atoms with E-state index < -0.39 is 0 Å². The first-order valence-electron chi connectivity index (χ1n) is 5.00. The van der Waals surface area contributed by atoms with Gasteiger partial charge in [0.25, 0.3) is 0 Å². The summed E-state index contributed by atoms with van der Waals surface area (Å²) in [6.45, 7) is 0. The number of halogens is 1. The summed E-state index contributed by atoms with van der Waals surface area (Å²) in [5.41, 5.74) is 2.32. The predicted octanol–water partition coefficient (Wildman–Crippen LogP) is 2.75. The van der Waals surface area contributed by atoms with E-state index in [9.17, 15) is 0 Å². The van der Waals surface area contributed by atoms with Crippen LogP contribution >= 0.6 is 11.6 Å². The van der Waals surface area contributed by atoms with Crippen molar-refractivity contribution in [1.29, 1.82) is 0 Å². The fraction of sp³-hybridized carbons (Fsp3) is 0. The fourth-order valence-corrected chi connectivity index (χ4v) is 1.69. The molecule has 0 radical (unpaired) electrons. The minimum Gasteiger partial charge on any atom is -0.366 e. The van der Waals surface area contributed by atoms with E-state index in [4.69, 9.17) is 11.6 Å². The zero-order valence-corrected chi connectivity index (χ0v) is 9.44. The summed E-state index contributed by atoms with van der Waals surface area (Å²) in [7, 11) is 0. The second kappa shape index (κ2) is 4.03. The van der Waals surface area contributed by atoms with Gasteiger partial charge in [0, 0.05) is 12.4 Å². The molecule has 17 heavy (non-hydrogen) atoms. The van der Waals surface area contributed by atoms with Crippen molar-refractivity contribution in [2.24, 2.45) is 0 Å². The summed E-state index contributed by atoms with van der Waals surface area (Å²) in [6, 6.07) is 5.42. The SMILES string of the molecule is Clc1ccc2ncnc(Nc3cc[nH]c3)c2n1. The second-order valence-corrected chi connectivity index (χ2v) is 3.84. The number of rotatable bonds is 2. The molecule has 2 N–H and O–H groups in total. The second-order valence-electron chi connectivity index (χ2n) is 3.45. The number of H-pyrrole nitrogens is 1. The van der Waals surface area contributed by atoms with E-state index in [2.05, 4.69) is 25.3 Å². The molecule has 0 saturated carbocycles. The molecule has 0 atom stereocenters. The maximum Gasteiger partial charge on any atom is 0.160 e. The molecule has 3 aromatic heterocycles. The van der Waals surface area contributed by atoms with Crippen molar-refractivity contribution in [2.45, 2.75) is 0 Å². The minimum atomic E-state index is 0.421. The van der Waals surface area contributed by atoms with Crippen molar-refractivity contribution in [3.05, 3.63) is 42.1 Å². The van der Waals surface area contributed by atoms with E-state index in [1.54, 1.807) is 6.07 Å². The largest absolute Gasteiger partial charge is 0.366 e. The van der Waals surface area contributed by atoms with Gasteiger partial charge in [-0.25, -0.2) is 15.0 Å². The first-order chi connectivity index (χ1) is 8.33. The third-order valence-electron chi connectivity index (χ3n) is 2.31. The van der Waals surface area contributed by atoms with Crippen molar-refractivity contribution in [1.82, 2.24) is 19.9 Å². The quantitative estimate of drug-likeness (QED) is 0.682. The number of pyridine rings is 1. The maximum atomic E-state index is 5.87. The van der Waals surface area contributed by atoms with Crippen LogP contribution in [0.4, 0.5) is 11.5 Å². The van der Waals surface area contributed by atoms with Gasteiger partial charge in [0.1, 0.15) is 17.0 Å². The van der Waals surface area contributed by atoms with Crippen LogP contribution in [-0.2, 0) is 0 Å². The molecule has 5 nitrogen and oxygen atoms in total. The van der Waals surface area contributed by atoms with Gasteiger partial charge in [0.05, 0.1) is 11.2 Å². The summed E-state index contributed by atoms with van der Waals surface area (Å²) >= 11 is 5.87. The van der Waals surface area contributed by atoms with Crippen molar-refractivity contribution >= 4 is 34.1 Å². The number of anilines is 2. The Labute approximate surface area is 102 Å².